The number of aryl methyl sites for hydroxylation is 1. The van der Waals surface area contributed by atoms with E-state index in [4.69, 9.17) is 8.60 Å². The number of aromatic nitrogens is 1. The van der Waals surface area contributed by atoms with Gasteiger partial charge in [0.15, 0.2) is 11.3 Å². The van der Waals surface area contributed by atoms with Gasteiger partial charge in [-0.2, -0.15) is 13.5 Å². The third-order valence-electron chi connectivity index (χ3n) is 4.47. The van der Waals surface area contributed by atoms with Crippen LogP contribution < -0.4 is 9.61 Å². The van der Waals surface area contributed by atoms with Crippen molar-refractivity contribution in [3.63, 3.8) is 0 Å². The Kier molecular flexibility index (Phi) is 7.35. The van der Waals surface area contributed by atoms with Crippen LogP contribution in [-0.4, -0.2) is 31.3 Å². The topological polar surface area (TPSA) is 111 Å². The van der Waals surface area contributed by atoms with Gasteiger partial charge in [0.25, 0.3) is 11.1 Å². The minimum absolute atomic E-state index is 0.0640. The monoisotopic (exact) mass is 559 g/mol. The summed E-state index contributed by atoms with van der Waals surface area (Å²) in [6, 6.07) is 18.5. The van der Waals surface area contributed by atoms with E-state index in [1.54, 1.807) is 24.3 Å². The lowest BCUT2D eigenvalue weighted by atomic mass is 10.2. The lowest BCUT2D eigenvalue weighted by Gasteiger charge is -2.09. The van der Waals surface area contributed by atoms with Crippen LogP contribution in [0.25, 0.3) is 11.1 Å². The molecule has 0 spiro atoms. The molecular formula is C23H18BrN3O5S2. The molecule has 0 bridgehead atoms. The van der Waals surface area contributed by atoms with E-state index in [0.29, 0.717) is 20.8 Å². The highest BCUT2D eigenvalue weighted by atomic mass is 79.9. The predicted octanol–water partition coefficient (Wildman–Crippen LogP) is 4.91. The lowest BCUT2D eigenvalue weighted by molar-refractivity contribution is -0.118. The van der Waals surface area contributed by atoms with E-state index in [-0.39, 0.29) is 22.3 Å². The largest absolute Gasteiger partial charge is 0.431 e. The van der Waals surface area contributed by atoms with E-state index in [9.17, 15) is 13.2 Å². The SMILES string of the molecule is Cc1ccc(S(=O)(=O)Oc2ccc(/C=N\NC(=O)CSc3nc4ccccc4o3)cc2Br)cc1. The molecular weight excluding hydrogens is 542 g/mol. The molecule has 0 aliphatic heterocycles. The van der Waals surface area contributed by atoms with Gasteiger partial charge < -0.3 is 8.60 Å². The molecule has 0 saturated heterocycles. The molecule has 0 aliphatic rings. The van der Waals surface area contributed by atoms with Gasteiger partial charge in [0.2, 0.25) is 0 Å². The fourth-order valence-corrected chi connectivity index (χ4v) is 4.95. The second kappa shape index (κ2) is 10.4. The first-order chi connectivity index (χ1) is 16.3. The summed E-state index contributed by atoms with van der Waals surface area (Å²) in [6.45, 7) is 1.87. The minimum atomic E-state index is -3.97. The summed E-state index contributed by atoms with van der Waals surface area (Å²) in [6.07, 6.45) is 1.44. The molecule has 1 heterocycles. The third-order valence-corrected chi connectivity index (χ3v) is 7.17. The molecule has 1 N–H and O–H groups in total. The first-order valence-electron chi connectivity index (χ1n) is 9.91. The highest BCUT2D eigenvalue weighted by molar-refractivity contribution is 9.10. The maximum absolute atomic E-state index is 12.5. The first-order valence-corrected chi connectivity index (χ1v) is 13.1. The first kappa shape index (κ1) is 24.0. The van der Waals surface area contributed by atoms with Crippen LogP contribution in [0.15, 0.2) is 90.8 Å². The zero-order chi connectivity index (χ0) is 24.1. The number of hydrogen-bond donors (Lipinski definition) is 1. The van der Waals surface area contributed by atoms with Crippen molar-refractivity contribution in [3.8, 4) is 5.75 Å². The lowest BCUT2D eigenvalue weighted by Crippen LogP contribution is -2.19. The maximum Gasteiger partial charge on any atom is 0.339 e. The smallest absolute Gasteiger partial charge is 0.339 e. The van der Waals surface area contributed by atoms with Gasteiger partial charge in [-0.05, 0) is 70.9 Å². The summed E-state index contributed by atoms with van der Waals surface area (Å²) >= 11 is 4.48. The van der Waals surface area contributed by atoms with Gasteiger partial charge in [-0.3, -0.25) is 4.79 Å². The van der Waals surface area contributed by atoms with Gasteiger partial charge >= 0.3 is 10.1 Å². The summed E-state index contributed by atoms with van der Waals surface area (Å²) in [7, 11) is -3.97. The van der Waals surface area contributed by atoms with Crippen molar-refractivity contribution in [2.75, 3.05) is 5.75 Å². The van der Waals surface area contributed by atoms with Crippen molar-refractivity contribution in [2.45, 2.75) is 17.0 Å². The van der Waals surface area contributed by atoms with Crippen molar-refractivity contribution in [2.24, 2.45) is 5.10 Å². The number of benzene rings is 3. The fraction of sp³-hybridized carbons (Fsp3) is 0.0870. The fourth-order valence-electron chi connectivity index (χ4n) is 2.79. The normalized spacial score (nSPS) is 11.7. The van der Waals surface area contributed by atoms with Crippen LogP contribution in [0.5, 0.6) is 5.75 Å². The van der Waals surface area contributed by atoms with Crippen LogP contribution >= 0.6 is 27.7 Å². The zero-order valence-corrected chi connectivity index (χ0v) is 21.0. The number of thioether (sulfide) groups is 1. The summed E-state index contributed by atoms with van der Waals surface area (Å²) < 4.78 is 36.2. The standard InChI is InChI=1S/C23H18BrN3O5S2/c1-15-6-9-17(10-7-15)34(29,30)32-20-11-8-16(12-18(20)24)13-25-27-22(28)14-33-23-26-19-4-2-3-5-21(19)31-23/h2-13H,14H2,1H3,(H,27,28)/b25-13-. The molecule has 0 aliphatic carbocycles. The Balaban J connectivity index is 1.32. The number of carbonyl (C=O) groups is 1. The average molecular weight is 560 g/mol. The molecule has 3 aromatic carbocycles. The maximum atomic E-state index is 12.5. The second-order valence-corrected chi connectivity index (χ2v) is 10.4. The van der Waals surface area contributed by atoms with E-state index in [2.05, 4.69) is 31.4 Å². The summed E-state index contributed by atoms with van der Waals surface area (Å²) in [5.41, 5.74) is 5.39. The molecule has 4 rings (SSSR count). The minimum Gasteiger partial charge on any atom is -0.431 e. The van der Waals surface area contributed by atoms with Crippen LogP contribution in [0.1, 0.15) is 11.1 Å². The summed E-state index contributed by atoms with van der Waals surface area (Å²) in [5.74, 6) is -0.111. The molecule has 8 nitrogen and oxygen atoms in total. The van der Waals surface area contributed by atoms with Gasteiger partial charge in [-0.25, -0.2) is 10.4 Å². The van der Waals surface area contributed by atoms with Crippen LogP contribution in [0.4, 0.5) is 0 Å². The molecule has 0 atom stereocenters. The van der Waals surface area contributed by atoms with E-state index >= 15 is 0 Å². The molecule has 0 saturated carbocycles. The number of carbonyl (C=O) groups excluding carboxylic acids is 1. The number of amides is 1. The van der Waals surface area contributed by atoms with E-state index in [1.807, 2.05) is 31.2 Å². The molecule has 1 amide bonds. The highest BCUT2D eigenvalue weighted by Gasteiger charge is 2.18. The Labute approximate surface area is 208 Å². The van der Waals surface area contributed by atoms with Crippen LogP contribution in [0.3, 0.4) is 0 Å². The number of hydrogen-bond acceptors (Lipinski definition) is 8. The molecule has 4 aromatic rings. The van der Waals surface area contributed by atoms with Gasteiger partial charge in [0, 0.05) is 0 Å². The van der Waals surface area contributed by atoms with Crippen molar-refractivity contribution in [1.29, 1.82) is 0 Å². The Morgan fingerprint density at radius 3 is 2.68 bits per heavy atom. The van der Waals surface area contributed by atoms with Gasteiger partial charge in [0.05, 0.1) is 16.4 Å². The molecule has 0 radical (unpaired) electrons. The van der Waals surface area contributed by atoms with Crippen molar-refractivity contribution in [3.05, 3.63) is 82.3 Å². The van der Waals surface area contributed by atoms with Gasteiger partial charge in [0.1, 0.15) is 10.4 Å². The quantitative estimate of drug-likeness (QED) is 0.141. The van der Waals surface area contributed by atoms with Crippen LogP contribution in [0.2, 0.25) is 0 Å². The predicted molar refractivity (Wildman–Crippen MR) is 134 cm³/mol. The molecule has 174 valence electrons. The van der Waals surface area contributed by atoms with Crippen molar-refractivity contribution >= 4 is 61.0 Å². The number of para-hydroxylation sites is 2. The van der Waals surface area contributed by atoms with E-state index in [0.717, 1.165) is 22.8 Å². The second-order valence-electron chi connectivity index (χ2n) is 7.07. The molecule has 11 heteroatoms. The zero-order valence-electron chi connectivity index (χ0n) is 17.8. The Hall–Kier alpha value is -3.15. The van der Waals surface area contributed by atoms with Crippen molar-refractivity contribution in [1.82, 2.24) is 10.4 Å². The van der Waals surface area contributed by atoms with E-state index in [1.165, 1.54) is 24.4 Å². The van der Waals surface area contributed by atoms with Crippen molar-refractivity contribution < 1.29 is 21.8 Å². The number of fused-ring (bicyclic) bond motifs is 1. The molecule has 0 fully saturated rings. The number of rotatable bonds is 8. The van der Waals surface area contributed by atoms with Crippen LogP contribution in [-0.2, 0) is 14.9 Å². The number of hydrazone groups is 1. The van der Waals surface area contributed by atoms with E-state index < -0.39 is 10.1 Å². The average Bonchev–Trinajstić information content (AvgIpc) is 3.23. The Morgan fingerprint density at radius 2 is 1.94 bits per heavy atom. The number of nitrogens with one attached hydrogen (secondary N) is 1. The summed E-state index contributed by atoms with van der Waals surface area (Å²) in [5, 5.41) is 4.33. The Morgan fingerprint density at radius 1 is 1.18 bits per heavy atom. The number of oxazole rings is 1. The Bertz CT molecular complexity index is 1430. The highest BCUT2D eigenvalue weighted by Crippen LogP contribution is 2.29. The summed E-state index contributed by atoms with van der Waals surface area (Å²) in [4.78, 5) is 16.4. The van der Waals surface area contributed by atoms with Gasteiger partial charge in [-0.1, -0.05) is 41.6 Å². The van der Waals surface area contributed by atoms with Gasteiger partial charge in [-0.15, -0.1) is 0 Å². The molecule has 34 heavy (non-hydrogen) atoms. The number of nitrogens with zero attached hydrogens (tertiary/aromatic N) is 2. The van der Waals surface area contributed by atoms with Crippen LogP contribution in [0, 0.1) is 6.92 Å². The molecule has 0 unspecified atom stereocenters. The number of halogens is 1. The third kappa shape index (κ3) is 6.04. The molecule has 1 aromatic heterocycles.